The van der Waals surface area contributed by atoms with Crippen LogP contribution in [0, 0.1) is 6.92 Å². The minimum Gasteiger partial charge on any atom is -0.360 e. The summed E-state index contributed by atoms with van der Waals surface area (Å²) >= 11 is 0. The highest BCUT2D eigenvalue weighted by atomic mass is 16.1. The molecule has 25 heavy (non-hydrogen) atoms. The van der Waals surface area contributed by atoms with Crippen LogP contribution in [0.1, 0.15) is 24.2 Å². The van der Waals surface area contributed by atoms with Crippen LogP contribution in [0.5, 0.6) is 0 Å². The maximum Gasteiger partial charge on any atom is 0.256 e. The van der Waals surface area contributed by atoms with E-state index in [-0.39, 0.29) is 11.6 Å². The highest BCUT2D eigenvalue weighted by Crippen LogP contribution is 2.23. The molecule has 0 amide bonds. The molecule has 4 rings (SSSR count). The zero-order valence-electron chi connectivity index (χ0n) is 13.9. The Labute approximate surface area is 144 Å². The van der Waals surface area contributed by atoms with Gasteiger partial charge in [-0.2, -0.15) is 0 Å². The second kappa shape index (κ2) is 5.98. The first-order chi connectivity index (χ1) is 12.1. The van der Waals surface area contributed by atoms with E-state index in [2.05, 4.69) is 25.3 Å². The van der Waals surface area contributed by atoms with Crippen molar-refractivity contribution in [2.24, 2.45) is 0 Å². The van der Waals surface area contributed by atoms with Gasteiger partial charge in [0.05, 0.1) is 11.6 Å². The highest BCUT2D eigenvalue weighted by Gasteiger charge is 2.13. The maximum atomic E-state index is 12.5. The number of aromatic nitrogens is 4. The van der Waals surface area contributed by atoms with Crippen LogP contribution in [-0.2, 0) is 0 Å². The molecule has 0 saturated heterocycles. The van der Waals surface area contributed by atoms with Gasteiger partial charge < -0.3 is 10.3 Å². The predicted octanol–water partition coefficient (Wildman–Crippen LogP) is 3.35. The number of hydrogen-bond acceptors (Lipinski definition) is 5. The quantitative estimate of drug-likeness (QED) is 0.601. The van der Waals surface area contributed by atoms with Gasteiger partial charge in [-0.05, 0) is 43.0 Å². The standard InChI is InChI=1S/C19H17N5O/c1-11-5-3-6-13-9-15(24-19(25)16(11)13)12(2)23-18-17-14(21-10-22-18)7-4-8-20-17/h3-10,12H,1-2H3,(H,24,25)(H,21,22,23)/t12-/m0/s1. The number of rotatable bonds is 3. The predicted molar refractivity (Wildman–Crippen MR) is 98.7 cm³/mol. The molecule has 124 valence electrons. The van der Waals surface area contributed by atoms with Gasteiger partial charge in [-0.15, -0.1) is 0 Å². The molecule has 0 bridgehead atoms. The number of nitrogens with one attached hydrogen (secondary N) is 2. The minimum atomic E-state index is -0.141. The molecule has 0 radical (unpaired) electrons. The van der Waals surface area contributed by atoms with E-state index in [0.29, 0.717) is 11.3 Å². The number of pyridine rings is 2. The molecule has 1 atom stereocenters. The molecule has 6 heteroatoms. The summed E-state index contributed by atoms with van der Waals surface area (Å²) in [5.41, 5.74) is 3.17. The topological polar surface area (TPSA) is 83.6 Å². The monoisotopic (exact) mass is 331 g/mol. The van der Waals surface area contributed by atoms with E-state index in [1.165, 1.54) is 6.33 Å². The van der Waals surface area contributed by atoms with Crippen molar-refractivity contribution in [1.82, 2.24) is 19.9 Å². The Kier molecular flexibility index (Phi) is 3.65. The number of hydrogen-bond donors (Lipinski definition) is 2. The van der Waals surface area contributed by atoms with Crippen molar-refractivity contribution in [2.45, 2.75) is 19.9 Å². The molecule has 0 aliphatic heterocycles. The van der Waals surface area contributed by atoms with E-state index in [9.17, 15) is 4.79 Å². The van der Waals surface area contributed by atoms with Gasteiger partial charge in [-0.1, -0.05) is 18.2 Å². The fourth-order valence-corrected chi connectivity index (χ4v) is 3.03. The van der Waals surface area contributed by atoms with Crippen molar-refractivity contribution >= 4 is 27.6 Å². The molecule has 0 fully saturated rings. The van der Waals surface area contributed by atoms with Crippen LogP contribution in [0.15, 0.2) is 53.7 Å². The molecule has 6 nitrogen and oxygen atoms in total. The van der Waals surface area contributed by atoms with Gasteiger partial charge in [-0.3, -0.25) is 9.78 Å². The van der Waals surface area contributed by atoms with Crippen molar-refractivity contribution < 1.29 is 0 Å². The summed E-state index contributed by atoms with van der Waals surface area (Å²) in [6.07, 6.45) is 3.22. The van der Waals surface area contributed by atoms with Gasteiger partial charge in [0.2, 0.25) is 0 Å². The van der Waals surface area contributed by atoms with Crippen LogP contribution in [0.3, 0.4) is 0 Å². The van der Waals surface area contributed by atoms with E-state index in [1.54, 1.807) is 6.20 Å². The van der Waals surface area contributed by atoms with Gasteiger partial charge in [0.15, 0.2) is 5.82 Å². The lowest BCUT2D eigenvalue weighted by atomic mass is 10.1. The first-order valence-corrected chi connectivity index (χ1v) is 8.08. The molecule has 1 aromatic carbocycles. The Morgan fingerprint density at radius 2 is 2.00 bits per heavy atom. The summed E-state index contributed by atoms with van der Waals surface area (Å²) in [4.78, 5) is 28.3. The second-order valence-electron chi connectivity index (χ2n) is 6.05. The fourth-order valence-electron chi connectivity index (χ4n) is 3.03. The van der Waals surface area contributed by atoms with Gasteiger partial charge >= 0.3 is 0 Å². The smallest absolute Gasteiger partial charge is 0.256 e. The van der Waals surface area contributed by atoms with Crippen molar-refractivity contribution in [3.63, 3.8) is 0 Å². The molecule has 0 spiro atoms. The number of fused-ring (bicyclic) bond motifs is 2. The van der Waals surface area contributed by atoms with Gasteiger partial charge in [0.25, 0.3) is 5.56 Å². The Hall–Kier alpha value is -3.28. The molecular formula is C19H17N5O. The van der Waals surface area contributed by atoms with E-state index in [1.807, 2.05) is 50.2 Å². The molecular weight excluding hydrogens is 314 g/mol. The fraction of sp³-hybridized carbons (Fsp3) is 0.158. The summed E-state index contributed by atoms with van der Waals surface area (Å²) in [7, 11) is 0. The van der Waals surface area contributed by atoms with Gasteiger partial charge in [0.1, 0.15) is 11.8 Å². The van der Waals surface area contributed by atoms with Crippen LogP contribution < -0.4 is 10.9 Å². The number of nitrogens with zero attached hydrogens (tertiary/aromatic N) is 3. The van der Waals surface area contributed by atoms with E-state index in [4.69, 9.17) is 0 Å². The summed E-state index contributed by atoms with van der Waals surface area (Å²) in [6, 6.07) is 11.4. The minimum absolute atomic E-state index is 0.0788. The van der Waals surface area contributed by atoms with Crippen molar-refractivity contribution in [3.05, 3.63) is 70.5 Å². The van der Waals surface area contributed by atoms with E-state index in [0.717, 1.165) is 27.5 Å². The summed E-state index contributed by atoms with van der Waals surface area (Å²) < 4.78 is 0. The van der Waals surface area contributed by atoms with Crippen molar-refractivity contribution in [2.75, 3.05) is 5.32 Å². The Morgan fingerprint density at radius 1 is 1.12 bits per heavy atom. The van der Waals surface area contributed by atoms with Crippen molar-refractivity contribution in [1.29, 1.82) is 0 Å². The molecule has 0 unspecified atom stereocenters. The average molecular weight is 331 g/mol. The van der Waals surface area contributed by atoms with E-state index >= 15 is 0 Å². The van der Waals surface area contributed by atoms with Crippen LogP contribution >= 0.6 is 0 Å². The normalized spacial score (nSPS) is 12.4. The largest absolute Gasteiger partial charge is 0.360 e. The van der Waals surface area contributed by atoms with Crippen LogP contribution in [0.2, 0.25) is 0 Å². The molecule has 3 aromatic heterocycles. The lowest BCUT2D eigenvalue weighted by Crippen LogP contribution is -2.16. The zero-order chi connectivity index (χ0) is 17.4. The average Bonchev–Trinajstić information content (AvgIpc) is 2.62. The molecule has 2 N–H and O–H groups in total. The van der Waals surface area contributed by atoms with Crippen LogP contribution in [0.4, 0.5) is 5.82 Å². The molecule has 0 saturated carbocycles. The first kappa shape index (κ1) is 15.3. The first-order valence-electron chi connectivity index (χ1n) is 8.08. The Bertz CT molecular complexity index is 1130. The third kappa shape index (κ3) is 2.71. The Balaban J connectivity index is 1.75. The van der Waals surface area contributed by atoms with Gasteiger partial charge in [0, 0.05) is 17.3 Å². The lowest BCUT2D eigenvalue weighted by Gasteiger charge is -2.16. The summed E-state index contributed by atoms with van der Waals surface area (Å²) in [6.45, 7) is 3.92. The molecule has 0 aliphatic rings. The number of anilines is 1. The second-order valence-corrected chi connectivity index (χ2v) is 6.05. The number of H-pyrrole nitrogens is 1. The summed E-state index contributed by atoms with van der Waals surface area (Å²) in [5, 5.41) is 4.98. The van der Waals surface area contributed by atoms with E-state index < -0.39 is 0 Å². The maximum absolute atomic E-state index is 12.5. The number of benzene rings is 1. The number of aromatic amines is 1. The zero-order valence-corrected chi connectivity index (χ0v) is 13.9. The van der Waals surface area contributed by atoms with Gasteiger partial charge in [-0.25, -0.2) is 9.97 Å². The van der Waals surface area contributed by atoms with Crippen molar-refractivity contribution in [3.8, 4) is 0 Å². The molecule has 4 aromatic rings. The number of aryl methyl sites for hydroxylation is 1. The SMILES string of the molecule is Cc1cccc2cc([C@H](C)Nc3ncnc4cccnc34)[nH]c(=O)c12. The Morgan fingerprint density at radius 3 is 2.88 bits per heavy atom. The van der Waals surface area contributed by atoms with Crippen LogP contribution in [0.25, 0.3) is 21.8 Å². The van der Waals surface area contributed by atoms with Crippen LogP contribution in [-0.4, -0.2) is 19.9 Å². The summed E-state index contributed by atoms with van der Waals surface area (Å²) in [5.74, 6) is 0.642. The third-order valence-corrected chi connectivity index (χ3v) is 4.32. The third-order valence-electron chi connectivity index (χ3n) is 4.32. The molecule has 3 heterocycles. The molecule has 0 aliphatic carbocycles. The highest BCUT2D eigenvalue weighted by molar-refractivity contribution is 5.86. The lowest BCUT2D eigenvalue weighted by molar-refractivity contribution is 0.829.